The zero-order valence-electron chi connectivity index (χ0n) is 11.4. The second-order valence-electron chi connectivity index (χ2n) is 5.60. The molecule has 104 valence electrons. The molecule has 0 spiro atoms. The maximum Gasteiger partial charge on any atom is 0.122 e. The normalized spacial score (nSPS) is 22.5. The summed E-state index contributed by atoms with van der Waals surface area (Å²) in [7, 11) is 0. The largest absolute Gasteiger partial charge is 0.493 e. The first kappa shape index (κ1) is 13.3. The molecule has 3 heteroatoms. The first-order valence-electron chi connectivity index (χ1n) is 7.41. The number of nitrogens with zero attached hydrogens (tertiary/aromatic N) is 1. The second-order valence-corrected chi connectivity index (χ2v) is 5.98. The van der Waals surface area contributed by atoms with E-state index in [0.717, 1.165) is 43.5 Å². The van der Waals surface area contributed by atoms with E-state index in [0.29, 0.717) is 0 Å². The molecular formula is C16H22ClNO. The topological polar surface area (TPSA) is 12.5 Å². The maximum absolute atomic E-state index is 5.89. The summed E-state index contributed by atoms with van der Waals surface area (Å²) in [4.78, 5) is 2.62. The van der Waals surface area contributed by atoms with Crippen LogP contribution in [0.5, 0.6) is 5.75 Å². The maximum atomic E-state index is 5.89. The summed E-state index contributed by atoms with van der Waals surface area (Å²) in [5, 5.41) is 0. The van der Waals surface area contributed by atoms with Gasteiger partial charge in [-0.1, -0.05) is 12.1 Å². The summed E-state index contributed by atoms with van der Waals surface area (Å²) in [5.41, 5.74) is 2.83. The Bertz CT molecular complexity index is 435. The lowest BCUT2D eigenvalue weighted by molar-refractivity contribution is 0.252. The van der Waals surface area contributed by atoms with E-state index in [9.17, 15) is 0 Å². The number of alkyl halides is 1. The van der Waals surface area contributed by atoms with Crippen LogP contribution >= 0.6 is 11.6 Å². The highest BCUT2D eigenvalue weighted by Crippen LogP contribution is 2.26. The molecule has 1 unspecified atom stereocenters. The molecule has 1 saturated heterocycles. The average molecular weight is 280 g/mol. The number of hydrogen-bond donors (Lipinski definition) is 0. The predicted molar refractivity (Wildman–Crippen MR) is 79.3 cm³/mol. The minimum Gasteiger partial charge on any atom is -0.493 e. The van der Waals surface area contributed by atoms with Crippen molar-refractivity contribution in [1.29, 1.82) is 0 Å². The Morgan fingerprint density at radius 2 is 2.32 bits per heavy atom. The van der Waals surface area contributed by atoms with Gasteiger partial charge in [-0.3, -0.25) is 0 Å². The van der Waals surface area contributed by atoms with Crippen LogP contribution in [0.1, 0.15) is 30.4 Å². The van der Waals surface area contributed by atoms with E-state index >= 15 is 0 Å². The minimum atomic E-state index is 0.718. The fourth-order valence-corrected chi connectivity index (χ4v) is 3.56. The lowest BCUT2D eigenvalue weighted by Crippen LogP contribution is -2.31. The van der Waals surface area contributed by atoms with Gasteiger partial charge in [0, 0.05) is 24.9 Å². The standard InChI is InChI=1S/C16H22ClNO/c17-8-5-15-2-1-9-18(15)10-6-13-3-4-16-14(12-13)7-11-19-16/h3-4,12,15H,1-2,5-11H2. The molecule has 0 saturated carbocycles. The third-order valence-electron chi connectivity index (χ3n) is 4.38. The third kappa shape index (κ3) is 3.06. The molecule has 2 heterocycles. The molecule has 2 aliphatic rings. The SMILES string of the molecule is ClCCC1CCCN1CCc1ccc2c(c1)CCO2. The molecule has 1 atom stereocenters. The van der Waals surface area contributed by atoms with Crippen molar-refractivity contribution in [3.63, 3.8) is 0 Å². The Morgan fingerprint density at radius 3 is 3.21 bits per heavy atom. The first-order chi connectivity index (χ1) is 9.36. The number of fused-ring (bicyclic) bond motifs is 1. The van der Waals surface area contributed by atoms with Crippen LogP contribution in [0.25, 0.3) is 0 Å². The molecule has 1 aromatic carbocycles. The van der Waals surface area contributed by atoms with Crippen LogP contribution in [-0.4, -0.2) is 36.5 Å². The lowest BCUT2D eigenvalue weighted by atomic mass is 10.1. The fraction of sp³-hybridized carbons (Fsp3) is 0.625. The summed E-state index contributed by atoms with van der Waals surface area (Å²) in [6.45, 7) is 3.26. The smallest absolute Gasteiger partial charge is 0.122 e. The van der Waals surface area contributed by atoms with Crippen molar-refractivity contribution >= 4 is 11.6 Å². The number of likely N-dealkylation sites (tertiary alicyclic amines) is 1. The van der Waals surface area contributed by atoms with E-state index in [1.54, 1.807) is 0 Å². The van der Waals surface area contributed by atoms with Gasteiger partial charge in [-0.25, -0.2) is 0 Å². The monoisotopic (exact) mass is 279 g/mol. The third-order valence-corrected chi connectivity index (χ3v) is 4.60. The van der Waals surface area contributed by atoms with E-state index in [-0.39, 0.29) is 0 Å². The Balaban J connectivity index is 1.57. The van der Waals surface area contributed by atoms with Gasteiger partial charge in [0.15, 0.2) is 0 Å². The van der Waals surface area contributed by atoms with Gasteiger partial charge in [0.05, 0.1) is 6.61 Å². The van der Waals surface area contributed by atoms with E-state index in [1.165, 1.54) is 37.1 Å². The molecule has 2 aliphatic heterocycles. The van der Waals surface area contributed by atoms with Gasteiger partial charge in [0.1, 0.15) is 5.75 Å². The summed E-state index contributed by atoms with van der Waals surface area (Å²) >= 11 is 5.89. The van der Waals surface area contributed by atoms with Gasteiger partial charge in [-0.2, -0.15) is 0 Å². The number of rotatable bonds is 5. The molecule has 2 nitrogen and oxygen atoms in total. The molecule has 3 rings (SSSR count). The van der Waals surface area contributed by atoms with E-state index < -0.39 is 0 Å². The van der Waals surface area contributed by atoms with Crippen molar-refractivity contribution in [2.45, 2.75) is 38.1 Å². The number of hydrogen-bond acceptors (Lipinski definition) is 2. The zero-order chi connectivity index (χ0) is 13.1. The number of halogens is 1. The van der Waals surface area contributed by atoms with Gasteiger partial charge in [-0.15, -0.1) is 11.6 Å². The van der Waals surface area contributed by atoms with Crippen LogP contribution in [0.2, 0.25) is 0 Å². The van der Waals surface area contributed by atoms with E-state index in [2.05, 4.69) is 23.1 Å². The zero-order valence-corrected chi connectivity index (χ0v) is 12.2. The van der Waals surface area contributed by atoms with Crippen molar-refractivity contribution in [3.05, 3.63) is 29.3 Å². The molecule has 0 bridgehead atoms. The highest BCUT2D eigenvalue weighted by Gasteiger charge is 2.23. The summed E-state index contributed by atoms with van der Waals surface area (Å²) in [6.07, 6.45) is 6.01. The second kappa shape index (κ2) is 6.15. The Kier molecular flexibility index (Phi) is 4.29. The van der Waals surface area contributed by atoms with Crippen molar-refractivity contribution < 1.29 is 4.74 Å². The lowest BCUT2D eigenvalue weighted by Gasteiger charge is -2.23. The van der Waals surface area contributed by atoms with Gasteiger partial charge < -0.3 is 9.64 Å². The summed E-state index contributed by atoms with van der Waals surface area (Å²) in [6, 6.07) is 7.40. The van der Waals surface area contributed by atoms with Crippen LogP contribution in [0, 0.1) is 0 Å². The molecule has 1 aromatic rings. The molecule has 0 aliphatic carbocycles. The molecule has 0 N–H and O–H groups in total. The molecule has 0 radical (unpaired) electrons. The Hall–Kier alpha value is -0.730. The minimum absolute atomic E-state index is 0.718. The van der Waals surface area contributed by atoms with E-state index in [4.69, 9.17) is 16.3 Å². The van der Waals surface area contributed by atoms with Gasteiger partial charge >= 0.3 is 0 Å². The van der Waals surface area contributed by atoms with Crippen molar-refractivity contribution in [2.24, 2.45) is 0 Å². The molecule has 0 amide bonds. The van der Waals surface area contributed by atoms with Crippen LogP contribution in [0.4, 0.5) is 0 Å². The average Bonchev–Trinajstić information content (AvgIpc) is 3.05. The fourth-order valence-electron chi connectivity index (χ4n) is 3.31. The van der Waals surface area contributed by atoms with Crippen molar-refractivity contribution in [3.8, 4) is 5.75 Å². The molecule has 1 fully saturated rings. The van der Waals surface area contributed by atoms with E-state index in [1.807, 2.05) is 0 Å². The quantitative estimate of drug-likeness (QED) is 0.767. The summed E-state index contributed by atoms with van der Waals surface area (Å²) in [5.74, 6) is 1.88. The number of ether oxygens (including phenoxy) is 1. The van der Waals surface area contributed by atoms with Crippen molar-refractivity contribution in [1.82, 2.24) is 4.90 Å². The molecule has 0 aromatic heterocycles. The highest BCUT2D eigenvalue weighted by molar-refractivity contribution is 6.17. The highest BCUT2D eigenvalue weighted by atomic mass is 35.5. The van der Waals surface area contributed by atoms with Crippen LogP contribution in [0.3, 0.4) is 0 Å². The van der Waals surface area contributed by atoms with Crippen LogP contribution < -0.4 is 4.74 Å². The first-order valence-corrected chi connectivity index (χ1v) is 7.95. The van der Waals surface area contributed by atoms with Gasteiger partial charge in [0.25, 0.3) is 0 Å². The molecular weight excluding hydrogens is 258 g/mol. The Labute approximate surface area is 120 Å². The number of benzene rings is 1. The van der Waals surface area contributed by atoms with Crippen molar-refractivity contribution in [2.75, 3.05) is 25.6 Å². The van der Waals surface area contributed by atoms with Gasteiger partial charge in [-0.05, 0) is 49.4 Å². The predicted octanol–water partition coefficient (Wildman–Crippen LogP) is 3.26. The van der Waals surface area contributed by atoms with Gasteiger partial charge in [0.2, 0.25) is 0 Å². The Morgan fingerprint density at radius 1 is 1.37 bits per heavy atom. The van der Waals surface area contributed by atoms with Crippen LogP contribution in [0.15, 0.2) is 18.2 Å². The molecule has 19 heavy (non-hydrogen) atoms. The summed E-state index contributed by atoms with van der Waals surface area (Å²) < 4.78 is 5.56. The van der Waals surface area contributed by atoms with Crippen LogP contribution in [-0.2, 0) is 12.8 Å².